The Kier molecular flexibility index (Phi) is 9.40. The minimum absolute atomic E-state index is 0. The third-order valence-electron chi connectivity index (χ3n) is 5.79. The quantitative estimate of drug-likeness (QED) is 0.381. The van der Waals surface area contributed by atoms with Crippen molar-refractivity contribution < 1.29 is 18.7 Å². The molecule has 1 aromatic carbocycles. The molecule has 3 N–H and O–H groups in total. The average molecular weight is 511 g/mol. The predicted molar refractivity (Wildman–Crippen MR) is 131 cm³/mol. The van der Waals surface area contributed by atoms with Crippen LogP contribution in [0.2, 0.25) is 0 Å². The van der Waals surface area contributed by atoms with Crippen molar-refractivity contribution in [3.8, 4) is 5.75 Å². The van der Waals surface area contributed by atoms with Gasteiger partial charge in [0.2, 0.25) is 5.82 Å². The van der Waals surface area contributed by atoms with Crippen LogP contribution < -0.4 is 20.9 Å². The monoisotopic (exact) mass is 510 g/mol. The zero-order chi connectivity index (χ0) is 23.2. The third-order valence-corrected chi connectivity index (χ3v) is 6.71. The van der Waals surface area contributed by atoms with Crippen molar-refractivity contribution in [1.82, 2.24) is 20.6 Å². The number of thiophene rings is 1. The number of hydrogen-bond donors (Lipinski definition) is 3. The number of H-pyrrole nitrogens is 1. The van der Waals surface area contributed by atoms with Gasteiger partial charge in [-0.1, -0.05) is 6.07 Å². The Balaban J connectivity index is 0.00000324. The summed E-state index contributed by atoms with van der Waals surface area (Å²) in [5.74, 6) is -0.286. The first-order chi connectivity index (χ1) is 16.0. The van der Waals surface area contributed by atoms with Gasteiger partial charge >= 0.3 is 0 Å². The van der Waals surface area contributed by atoms with Crippen molar-refractivity contribution in [3.05, 3.63) is 56.7 Å². The van der Waals surface area contributed by atoms with Crippen LogP contribution in [0.5, 0.6) is 5.75 Å². The Bertz CT molecular complexity index is 1180. The van der Waals surface area contributed by atoms with E-state index in [2.05, 4.69) is 20.6 Å². The van der Waals surface area contributed by atoms with Crippen molar-refractivity contribution in [3.63, 3.8) is 0 Å². The largest absolute Gasteiger partial charge is 0.494 e. The first kappa shape index (κ1) is 26.1. The van der Waals surface area contributed by atoms with Gasteiger partial charge in [0.15, 0.2) is 11.6 Å². The molecule has 0 saturated carbocycles. The fraction of sp³-hybridized carbons (Fsp3) is 0.435. The maximum absolute atomic E-state index is 13.5. The van der Waals surface area contributed by atoms with E-state index in [-0.39, 0.29) is 36.1 Å². The van der Waals surface area contributed by atoms with Gasteiger partial charge in [-0.25, -0.2) is 9.37 Å². The second kappa shape index (κ2) is 12.3. The molecule has 2 aromatic heterocycles. The van der Waals surface area contributed by atoms with E-state index in [0.29, 0.717) is 34.9 Å². The summed E-state index contributed by atoms with van der Waals surface area (Å²) in [4.78, 5) is 32.6. The molecule has 1 amide bonds. The molecule has 3 heterocycles. The normalized spacial score (nSPS) is 14.1. The van der Waals surface area contributed by atoms with Crippen LogP contribution in [-0.2, 0) is 17.9 Å². The number of carbonyl (C=O) groups is 1. The molecule has 1 fully saturated rings. The third kappa shape index (κ3) is 6.32. The molecule has 0 spiro atoms. The number of piperidine rings is 1. The number of amides is 1. The molecular formula is C23H28ClFN4O4S. The average Bonchev–Trinajstić information content (AvgIpc) is 3.25. The first-order valence-electron chi connectivity index (χ1n) is 10.9. The molecule has 11 heteroatoms. The van der Waals surface area contributed by atoms with Crippen molar-refractivity contribution >= 4 is 39.9 Å². The zero-order valence-corrected chi connectivity index (χ0v) is 20.5. The van der Waals surface area contributed by atoms with Gasteiger partial charge < -0.3 is 25.1 Å². The van der Waals surface area contributed by atoms with E-state index in [0.717, 1.165) is 25.1 Å². The molecular weight excluding hydrogens is 483 g/mol. The SMILES string of the molecule is COc1cc(CNC(=O)c2nc3scc(COCCC4CCNCC4)c3c(=O)[nH]2)ccc1F.Cl. The summed E-state index contributed by atoms with van der Waals surface area (Å²) in [6.07, 6.45) is 3.37. The summed E-state index contributed by atoms with van der Waals surface area (Å²) >= 11 is 1.31. The van der Waals surface area contributed by atoms with Crippen molar-refractivity contribution in [2.24, 2.45) is 5.92 Å². The van der Waals surface area contributed by atoms with Crippen LogP contribution in [-0.4, -0.2) is 42.7 Å². The summed E-state index contributed by atoms with van der Waals surface area (Å²) in [5, 5.41) is 8.35. The lowest BCUT2D eigenvalue weighted by Crippen LogP contribution is -2.28. The highest BCUT2D eigenvalue weighted by molar-refractivity contribution is 7.16. The van der Waals surface area contributed by atoms with Gasteiger partial charge in [-0.05, 0) is 61.3 Å². The summed E-state index contributed by atoms with van der Waals surface area (Å²) in [7, 11) is 1.37. The topological polar surface area (TPSA) is 105 Å². The lowest BCUT2D eigenvalue weighted by atomic mass is 9.95. The zero-order valence-electron chi connectivity index (χ0n) is 18.8. The van der Waals surface area contributed by atoms with E-state index in [1.54, 1.807) is 6.07 Å². The molecule has 8 nitrogen and oxygen atoms in total. The summed E-state index contributed by atoms with van der Waals surface area (Å²) < 4.78 is 24.3. The fourth-order valence-corrected chi connectivity index (χ4v) is 4.83. The number of hydrogen-bond acceptors (Lipinski definition) is 7. The smallest absolute Gasteiger partial charge is 0.287 e. The summed E-state index contributed by atoms with van der Waals surface area (Å²) in [6.45, 7) is 3.26. The number of ether oxygens (including phenoxy) is 2. The van der Waals surface area contributed by atoms with Gasteiger partial charge in [-0.2, -0.15) is 0 Å². The van der Waals surface area contributed by atoms with E-state index < -0.39 is 11.7 Å². The highest BCUT2D eigenvalue weighted by atomic mass is 35.5. The van der Waals surface area contributed by atoms with E-state index in [1.165, 1.54) is 43.4 Å². The number of nitrogens with one attached hydrogen (secondary N) is 3. The van der Waals surface area contributed by atoms with Crippen molar-refractivity contribution in [2.45, 2.75) is 32.4 Å². The van der Waals surface area contributed by atoms with Gasteiger partial charge in [0.25, 0.3) is 11.5 Å². The van der Waals surface area contributed by atoms with Crippen LogP contribution in [0.15, 0.2) is 28.4 Å². The molecule has 0 unspecified atom stereocenters. The van der Waals surface area contributed by atoms with E-state index in [9.17, 15) is 14.0 Å². The molecule has 0 bridgehead atoms. The molecule has 0 aliphatic carbocycles. The van der Waals surface area contributed by atoms with Gasteiger partial charge in [-0.15, -0.1) is 23.7 Å². The van der Waals surface area contributed by atoms with Crippen LogP contribution in [0.3, 0.4) is 0 Å². The first-order valence-corrected chi connectivity index (χ1v) is 11.8. The number of carbonyl (C=O) groups excluding carboxylic acids is 1. The molecule has 0 radical (unpaired) electrons. The number of halogens is 2. The predicted octanol–water partition coefficient (Wildman–Crippen LogP) is 3.39. The van der Waals surface area contributed by atoms with Gasteiger partial charge in [0, 0.05) is 18.7 Å². The number of aromatic nitrogens is 2. The van der Waals surface area contributed by atoms with Crippen LogP contribution in [0.1, 0.15) is 41.0 Å². The summed E-state index contributed by atoms with van der Waals surface area (Å²) in [6, 6.07) is 4.33. The number of benzene rings is 1. The molecule has 1 aliphatic heterocycles. The highest BCUT2D eigenvalue weighted by Crippen LogP contribution is 2.23. The Hall–Kier alpha value is -2.53. The Morgan fingerprint density at radius 2 is 2.12 bits per heavy atom. The molecule has 3 aromatic rings. The molecule has 184 valence electrons. The maximum Gasteiger partial charge on any atom is 0.287 e. The molecule has 34 heavy (non-hydrogen) atoms. The number of aromatic amines is 1. The van der Waals surface area contributed by atoms with Crippen LogP contribution in [0.4, 0.5) is 4.39 Å². The van der Waals surface area contributed by atoms with Crippen LogP contribution >= 0.6 is 23.7 Å². The lowest BCUT2D eigenvalue weighted by Gasteiger charge is -2.22. The van der Waals surface area contributed by atoms with Crippen LogP contribution in [0, 0.1) is 11.7 Å². The van der Waals surface area contributed by atoms with Gasteiger partial charge in [0.05, 0.1) is 19.1 Å². The number of fused-ring (bicyclic) bond motifs is 1. The Morgan fingerprint density at radius 1 is 1.32 bits per heavy atom. The number of nitrogens with zero attached hydrogens (tertiary/aromatic N) is 1. The Morgan fingerprint density at radius 3 is 2.88 bits per heavy atom. The second-order valence-electron chi connectivity index (χ2n) is 8.04. The second-order valence-corrected chi connectivity index (χ2v) is 8.90. The summed E-state index contributed by atoms with van der Waals surface area (Å²) in [5.41, 5.74) is 1.07. The highest BCUT2D eigenvalue weighted by Gasteiger charge is 2.17. The number of rotatable bonds is 9. The van der Waals surface area contributed by atoms with Crippen molar-refractivity contribution in [1.29, 1.82) is 0 Å². The van der Waals surface area contributed by atoms with Gasteiger partial charge in [0.1, 0.15) is 4.83 Å². The molecule has 1 saturated heterocycles. The fourth-order valence-electron chi connectivity index (χ4n) is 3.90. The molecule has 0 atom stereocenters. The maximum atomic E-state index is 13.5. The van der Waals surface area contributed by atoms with E-state index in [4.69, 9.17) is 9.47 Å². The minimum atomic E-state index is -0.523. The van der Waals surface area contributed by atoms with Gasteiger partial charge in [-0.3, -0.25) is 9.59 Å². The van der Waals surface area contributed by atoms with E-state index in [1.807, 2.05) is 5.38 Å². The number of methoxy groups -OCH3 is 1. The molecule has 4 rings (SSSR count). The standard InChI is InChI=1S/C23H27FN4O4S.ClH/c1-31-18-10-15(2-3-17(18)24)11-26-22(30)20-27-21(29)19-16(13-33-23(19)28-20)12-32-9-6-14-4-7-25-8-5-14;/h2-3,10,13-14,25H,4-9,11-12H2,1H3,(H,26,30)(H,27,28,29);1H. The van der Waals surface area contributed by atoms with Crippen molar-refractivity contribution in [2.75, 3.05) is 26.8 Å². The van der Waals surface area contributed by atoms with Crippen LogP contribution in [0.25, 0.3) is 10.2 Å². The molecule has 1 aliphatic rings. The lowest BCUT2D eigenvalue weighted by molar-refractivity contribution is 0.0940. The van der Waals surface area contributed by atoms with E-state index >= 15 is 0 Å². The minimum Gasteiger partial charge on any atom is -0.494 e. The Labute approximate surface area is 206 Å².